The molecule has 134 valence electrons. The van der Waals surface area contributed by atoms with Gasteiger partial charge in [0.1, 0.15) is 0 Å². The molecule has 1 aromatic carbocycles. The van der Waals surface area contributed by atoms with Crippen molar-refractivity contribution in [3.63, 3.8) is 0 Å². The van der Waals surface area contributed by atoms with Crippen LogP contribution in [0.2, 0.25) is 0 Å². The molecule has 0 aliphatic carbocycles. The average Bonchev–Trinajstić information content (AvgIpc) is 3.10. The summed E-state index contributed by atoms with van der Waals surface area (Å²) in [4.78, 5) is 21.0. The Balaban J connectivity index is 1.54. The Kier molecular flexibility index (Phi) is 5.48. The maximum atomic E-state index is 12.2. The monoisotopic (exact) mass is 342 g/mol. The summed E-state index contributed by atoms with van der Waals surface area (Å²) in [5.74, 6) is 1.62. The van der Waals surface area contributed by atoms with Crippen molar-refractivity contribution in [1.29, 1.82) is 0 Å². The maximum absolute atomic E-state index is 12.2. The molecule has 0 N–H and O–H groups in total. The van der Waals surface area contributed by atoms with Crippen molar-refractivity contribution >= 4 is 5.91 Å². The van der Waals surface area contributed by atoms with Crippen molar-refractivity contribution in [2.24, 2.45) is 5.92 Å². The minimum Gasteiger partial charge on any atom is -0.340 e. The van der Waals surface area contributed by atoms with Gasteiger partial charge in [-0.25, -0.2) is 0 Å². The number of aromatic nitrogens is 2. The fourth-order valence-corrected chi connectivity index (χ4v) is 2.94. The molecule has 0 radical (unpaired) electrons. The van der Waals surface area contributed by atoms with Crippen molar-refractivity contribution in [3.8, 4) is 11.4 Å². The van der Waals surface area contributed by atoms with Crippen molar-refractivity contribution in [1.82, 2.24) is 19.9 Å². The smallest absolute Gasteiger partial charge is 0.241 e. The minimum absolute atomic E-state index is 0.111. The first-order valence-corrected chi connectivity index (χ1v) is 8.97. The summed E-state index contributed by atoms with van der Waals surface area (Å²) < 4.78 is 5.40. The number of carbonyl (C=O) groups is 1. The van der Waals surface area contributed by atoms with E-state index < -0.39 is 0 Å². The van der Waals surface area contributed by atoms with E-state index in [1.807, 2.05) is 36.1 Å². The molecule has 1 aliphatic heterocycles. The van der Waals surface area contributed by atoms with E-state index in [1.165, 1.54) is 5.56 Å². The van der Waals surface area contributed by atoms with Crippen LogP contribution in [0.5, 0.6) is 0 Å². The van der Waals surface area contributed by atoms with E-state index in [-0.39, 0.29) is 11.8 Å². The highest BCUT2D eigenvalue weighted by molar-refractivity contribution is 5.78. The van der Waals surface area contributed by atoms with Gasteiger partial charge in [-0.1, -0.05) is 48.8 Å². The van der Waals surface area contributed by atoms with E-state index in [1.54, 1.807) is 0 Å². The van der Waals surface area contributed by atoms with E-state index >= 15 is 0 Å². The van der Waals surface area contributed by atoms with Crippen molar-refractivity contribution < 1.29 is 9.32 Å². The quantitative estimate of drug-likeness (QED) is 0.836. The topological polar surface area (TPSA) is 62.5 Å². The Labute approximate surface area is 148 Å². The molecule has 2 heterocycles. The van der Waals surface area contributed by atoms with E-state index in [4.69, 9.17) is 4.52 Å². The largest absolute Gasteiger partial charge is 0.340 e. The molecule has 1 unspecified atom stereocenters. The van der Waals surface area contributed by atoms with Gasteiger partial charge in [-0.15, -0.1) is 0 Å². The number of hydrogen-bond acceptors (Lipinski definition) is 5. The first-order valence-electron chi connectivity index (χ1n) is 8.97. The molecule has 0 bridgehead atoms. The molecular formula is C19H26N4O2. The summed E-state index contributed by atoms with van der Waals surface area (Å²) in [6.45, 7) is 9.94. The Morgan fingerprint density at radius 3 is 2.52 bits per heavy atom. The third-order valence-electron chi connectivity index (χ3n) is 4.85. The Bertz CT molecular complexity index is 702. The SMILES string of the molecule is CCC(C)C(=O)N1CCN(Cc2nc(-c3ccc(C)cc3)no2)CC1. The van der Waals surface area contributed by atoms with E-state index in [2.05, 4.69) is 28.9 Å². The number of aryl methyl sites for hydroxylation is 1. The number of nitrogens with zero attached hydrogens (tertiary/aromatic N) is 4. The number of piperazine rings is 1. The number of rotatable bonds is 5. The van der Waals surface area contributed by atoms with Gasteiger partial charge in [-0.2, -0.15) is 4.98 Å². The van der Waals surface area contributed by atoms with E-state index in [0.717, 1.165) is 38.2 Å². The molecule has 1 atom stereocenters. The highest BCUT2D eigenvalue weighted by Gasteiger charge is 2.25. The molecule has 2 aromatic rings. The summed E-state index contributed by atoms with van der Waals surface area (Å²) in [7, 11) is 0. The van der Waals surface area contributed by atoms with Crippen LogP contribution in [0, 0.1) is 12.8 Å². The van der Waals surface area contributed by atoms with Crippen LogP contribution in [0.15, 0.2) is 28.8 Å². The molecule has 1 aliphatic rings. The van der Waals surface area contributed by atoms with Gasteiger partial charge >= 0.3 is 0 Å². The second-order valence-corrected chi connectivity index (χ2v) is 6.79. The summed E-state index contributed by atoms with van der Waals surface area (Å²) in [5.41, 5.74) is 2.17. The maximum Gasteiger partial charge on any atom is 0.241 e. The van der Waals surface area contributed by atoms with Crippen LogP contribution in [-0.4, -0.2) is 52.0 Å². The van der Waals surface area contributed by atoms with E-state index in [0.29, 0.717) is 18.3 Å². The number of hydrogen-bond donors (Lipinski definition) is 0. The van der Waals surface area contributed by atoms with Gasteiger partial charge in [0.2, 0.25) is 17.6 Å². The first-order chi connectivity index (χ1) is 12.1. The molecule has 1 amide bonds. The average molecular weight is 342 g/mol. The van der Waals surface area contributed by atoms with Crippen LogP contribution >= 0.6 is 0 Å². The number of amides is 1. The van der Waals surface area contributed by atoms with Crippen molar-refractivity contribution in [2.45, 2.75) is 33.7 Å². The molecule has 3 rings (SSSR count). The fraction of sp³-hybridized carbons (Fsp3) is 0.526. The Morgan fingerprint density at radius 2 is 1.88 bits per heavy atom. The standard InChI is InChI=1S/C19H26N4O2/c1-4-15(3)19(24)23-11-9-22(10-12-23)13-17-20-18(21-25-17)16-7-5-14(2)6-8-16/h5-8,15H,4,9-13H2,1-3H3. The first kappa shape index (κ1) is 17.6. The third-order valence-corrected chi connectivity index (χ3v) is 4.85. The summed E-state index contributed by atoms with van der Waals surface area (Å²) >= 11 is 0. The van der Waals surface area contributed by atoms with Crippen LogP contribution in [-0.2, 0) is 11.3 Å². The molecule has 1 aromatic heterocycles. The van der Waals surface area contributed by atoms with Crippen LogP contribution in [0.1, 0.15) is 31.7 Å². The van der Waals surface area contributed by atoms with Gasteiger partial charge in [-0.3, -0.25) is 9.69 Å². The molecule has 6 heteroatoms. The molecule has 0 spiro atoms. The van der Waals surface area contributed by atoms with E-state index in [9.17, 15) is 4.79 Å². The van der Waals surface area contributed by atoms with Gasteiger partial charge in [0.15, 0.2) is 0 Å². The second kappa shape index (κ2) is 7.78. The Hall–Kier alpha value is -2.21. The number of carbonyl (C=O) groups excluding carboxylic acids is 1. The zero-order valence-electron chi connectivity index (χ0n) is 15.2. The lowest BCUT2D eigenvalue weighted by Crippen LogP contribution is -2.49. The summed E-state index contributed by atoms with van der Waals surface area (Å²) in [6.07, 6.45) is 0.892. The molecule has 1 fully saturated rings. The molecule has 6 nitrogen and oxygen atoms in total. The van der Waals surface area contributed by atoms with Gasteiger partial charge in [0.25, 0.3) is 0 Å². The number of benzene rings is 1. The lowest BCUT2D eigenvalue weighted by Gasteiger charge is -2.35. The zero-order chi connectivity index (χ0) is 17.8. The van der Waals surface area contributed by atoms with Gasteiger partial charge in [-0.05, 0) is 13.3 Å². The Morgan fingerprint density at radius 1 is 1.20 bits per heavy atom. The lowest BCUT2D eigenvalue weighted by molar-refractivity contribution is -0.136. The normalized spacial score (nSPS) is 16.8. The third kappa shape index (κ3) is 4.25. The highest BCUT2D eigenvalue weighted by Crippen LogP contribution is 2.17. The van der Waals surface area contributed by atoms with Crippen LogP contribution in [0.25, 0.3) is 11.4 Å². The van der Waals surface area contributed by atoms with Crippen LogP contribution in [0.3, 0.4) is 0 Å². The lowest BCUT2D eigenvalue weighted by atomic mass is 10.1. The second-order valence-electron chi connectivity index (χ2n) is 6.79. The zero-order valence-corrected chi connectivity index (χ0v) is 15.2. The van der Waals surface area contributed by atoms with Crippen LogP contribution in [0.4, 0.5) is 0 Å². The van der Waals surface area contributed by atoms with Gasteiger partial charge in [0.05, 0.1) is 6.54 Å². The summed E-state index contributed by atoms with van der Waals surface area (Å²) in [5, 5.41) is 4.08. The highest BCUT2D eigenvalue weighted by atomic mass is 16.5. The van der Waals surface area contributed by atoms with Crippen LogP contribution < -0.4 is 0 Å². The molecular weight excluding hydrogens is 316 g/mol. The van der Waals surface area contributed by atoms with Gasteiger partial charge < -0.3 is 9.42 Å². The summed E-state index contributed by atoms with van der Waals surface area (Å²) in [6, 6.07) is 8.09. The van der Waals surface area contributed by atoms with Gasteiger partial charge in [0, 0.05) is 37.7 Å². The molecule has 25 heavy (non-hydrogen) atoms. The van der Waals surface area contributed by atoms with Crippen molar-refractivity contribution in [2.75, 3.05) is 26.2 Å². The minimum atomic E-state index is 0.111. The predicted molar refractivity (Wildman–Crippen MR) is 95.8 cm³/mol. The fourth-order valence-electron chi connectivity index (χ4n) is 2.94. The predicted octanol–water partition coefficient (Wildman–Crippen LogP) is 2.74. The molecule has 1 saturated heterocycles. The molecule has 0 saturated carbocycles. The van der Waals surface area contributed by atoms with Crippen molar-refractivity contribution in [3.05, 3.63) is 35.7 Å².